The molecule has 2 aromatic rings. The Morgan fingerprint density at radius 2 is 1.81 bits per heavy atom. The number of hydrogen-bond acceptors (Lipinski definition) is 4. The van der Waals surface area contributed by atoms with E-state index in [2.05, 4.69) is 9.55 Å². The molecule has 0 N–H and O–H groups in total. The Balaban J connectivity index is 1.47. The van der Waals surface area contributed by atoms with Gasteiger partial charge in [0.25, 0.3) is 5.91 Å². The molecular formula is C20H26N4O3. The molecule has 0 spiro atoms. The van der Waals surface area contributed by atoms with Crippen LogP contribution in [0.1, 0.15) is 29.0 Å². The molecule has 1 aromatic carbocycles. The van der Waals surface area contributed by atoms with Gasteiger partial charge in [-0.25, -0.2) is 4.98 Å². The molecular weight excluding hydrogens is 344 g/mol. The molecule has 1 aliphatic rings. The van der Waals surface area contributed by atoms with E-state index < -0.39 is 0 Å². The highest BCUT2D eigenvalue weighted by Gasteiger charge is 2.26. The number of carbonyl (C=O) groups excluding carboxylic acids is 2. The van der Waals surface area contributed by atoms with Crippen LogP contribution < -0.4 is 4.74 Å². The van der Waals surface area contributed by atoms with E-state index in [4.69, 9.17) is 4.74 Å². The summed E-state index contributed by atoms with van der Waals surface area (Å²) in [6.45, 7) is 4.99. The zero-order valence-electron chi connectivity index (χ0n) is 15.9. The van der Waals surface area contributed by atoms with Crippen LogP contribution in [0.25, 0.3) is 0 Å². The number of carbonyl (C=O) groups is 2. The Morgan fingerprint density at radius 1 is 1.11 bits per heavy atom. The quantitative estimate of drug-likeness (QED) is 0.780. The molecule has 1 fully saturated rings. The predicted octanol–water partition coefficient (Wildman–Crippen LogP) is 1.96. The van der Waals surface area contributed by atoms with Crippen LogP contribution in [-0.4, -0.2) is 64.5 Å². The number of nitrogens with zero attached hydrogens (tertiary/aromatic N) is 4. The molecule has 144 valence electrons. The van der Waals surface area contributed by atoms with E-state index in [9.17, 15) is 9.59 Å². The van der Waals surface area contributed by atoms with Gasteiger partial charge in [-0.1, -0.05) is 12.1 Å². The molecule has 2 amide bonds. The molecule has 0 bridgehead atoms. The fraction of sp³-hybridized carbons (Fsp3) is 0.450. The van der Waals surface area contributed by atoms with Crippen molar-refractivity contribution in [3.63, 3.8) is 0 Å². The van der Waals surface area contributed by atoms with Gasteiger partial charge < -0.3 is 19.1 Å². The highest BCUT2D eigenvalue weighted by molar-refractivity contribution is 5.97. The largest absolute Gasteiger partial charge is 0.496 e. The maximum Gasteiger partial charge on any atom is 0.257 e. The molecule has 2 heterocycles. The summed E-state index contributed by atoms with van der Waals surface area (Å²) in [5, 5.41) is 0. The molecule has 0 saturated carbocycles. The Labute approximate surface area is 159 Å². The van der Waals surface area contributed by atoms with Gasteiger partial charge in [-0.2, -0.15) is 0 Å². The number of methoxy groups -OCH3 is 1. The van der Waals surface area contributed by atoms with Gasteiger partial charge in [-0.3, -0.25) is 9.59 Å². The van der Waals surface area contributed by atoms with Gasteiger partial charge in [-0.05, 0) is 25.5 Å². The summed E-state index contributed by atoms with van der Waals surface area (Å²) in [6, 6.07) is 7.24. The SMILES string of the molecule is COc1ccccc1C(=O)N1CCN(C(=O)CCCn2ccnc2C)CC1. The number of ether oxygens (including phenoxy) is 1. The van der Waals surface area contributed by atoms with Crippen molar-refractivity contribution in [2.45, 2.75) is 26.3 Å². The average Bonchev–Trinajstić information content (AvgIpc) is 3.12. The summed E-state index contributed by atoms with van der Waals surface area (Å²) >= 11 is 0. The molecule has 27 heavy (non-hydrogen) atoms. The minimum atomic E-state index is -0.0462. The van der Waals surface area contributed by atoms with E-state index in [0.29, 0.717) is 43.9 Å². The van der Waals surface area contributed by atoms with Crippen molar-refractivity contribution in [3.05, 3.63) is 48.0 Å². The van der Waals surface area contributed by atoms with Gasteiger partial charge in [0.1, 0.15) is 11.6 Å². The number of piperazine rings is 1. The van der Waals surface area contributed by atoms with Gasteiger partial charge in [0, 0.05) is 51.5 Å². The highest BCUT2D eigenvalue weighted by Crippen LogP contribution is 2.20. The van der Waals surface area contributed by atoms with Gasteiger partial charge in [0.15, 0.2) is 0 Å². The van der Waals surface area contributed by atoms with Crippen molar-refractivity contribution < 1.29 is 14.3 Å². The van der Waals surface area contributed by atoms with Crippen LogP contribution in [0, 0.1) is 6.92 Å². The fourth-order valence-corrected chi connectivity index (χ4v) is 3.35. The predicted molar refractivity (Wildman–Crippen MR) is 102 cm³/mol. The lowest BCUT2D eigenvalue weighted by Crippen LogP contribution is -2.50. The van der Waals surface area contributed by atoms with Crippen LogP contribution in [0.2, 0.25) is 0 Å². The number of aromatic nitrogens is 2. The third-order valence-corrected chi connectivity index (χ3v) is 4.97. The van der Waals surface area contributed by atoms with Crippen LogP contribution in [-0.2, 0) is 11.3 Å². The Morgan fingerprint density at radius 3 is 2.48 bits per heavy atom. The fourth-order valence-electron chi connectivity index (χ4n) is 3.35. The topological polar surface area (TPSA) is 67.7 Å². The number of aryl methyl sites for hydroxylation is 2. The van der Waals surface area contributed by atoms with E-state index in [1.165, 1.54) is 0 Å². The summed E-state index contributed by atoms with van der Waals surface area (Å²) in [5.41, 5.74) is 0.565. The van der Waals surface area contributed by atoms with E-state index >= 15 is 0 Å². The standard InChI is InChI=1S/C20H26N4O3/c1-16-21-9-11-22(16)10-5-8-19(25)23-12-14-24(15-13-23)20(26)17-6-3-4-7-18(17)27-2/h3-4,6-7,9,11H,5,8,10,12-15H2,1-2H3. The smallest absolute Gasteiger partial charge is 0.257 e. The number of benzene rings is 1. The first-order valence-corrected chi connectivity index (χ1v) is 9.28. The monoisotopic (exact) mass is 370 g/mol. The maximum atomic E-state index is 12.7. The summed E-state index contributed by atoms with van der Waals surface area (Å²) in [4.78, 5) is 33.0. The lowest BCUT2D eigenvalue weighted by molar-refractivity contribution is -0.132. The number of imidazole rings is 1. The summed E-state index contributed by atoms with van der Waals surface area (Å²) in [6.07, 6.45) is 5.01. The molecule has 1 aromatic heterocycles. The van der Waals surface area contributed by atoms with Crippen molar-refractivity contribution in [1.82, 2.24) is 19.4 Å². The van der Waals surface area contributed by atoms with E-state index in [1.54, 1.807) is 30.3 Å². The summed E-state index contributed by atoms with van der Waals surface area (Å²) in [5.74, 6) is 1.65. The van der Waals surface area contributed by atoms with E-state index in [1.807, 2.05) is 30.2 Å². The first kappa shape index (κ1) is 18.9. The second kappa shape index (κ2) is 8.70. The molecule has 0 atom stereocenters. The molecule has 1 aliphatic heterocycles. The van der Waals surface area contributed by atoms with Crippen LogP contribution in [0.15, 0.2) is 36.7 Å². The zero-order chi connectivity index (χ0) is 19.2. The first-order chi connectivity index (χ1) is 13.1. The van der Waals surface area contributed by atoms with E-state index in [0.717, 1.165) is 18.8 Å². The summed E-state index contributed by atoms with van der Waals surface area (Å²) in [7, 11) is 1.56. The van der Waals surface area contributed by atoms with Crippen molar-refractivity contribution in [3.8, 4) is 5.75 Å². The third-order valence-electron chi connectivity index (χ3n) is 4.97. The molecule has 7 heteroatoms. The van der Waals surface area contributed by atoms with Gasteiger partial charge in [0.05, 0.1) is 12.7 Å². The third kappa shape index (κ3) is 4.48. The minimum Gasteiger partial charge on any atom is -0.496 e. The van der Waals surface area contributed by atoms with Crippen molar-refractivity contribution in [2.75, 3.05) is 33.3 Å². The molecule has 7 nitrogen and oxygen atoms in total. The lowest BCUT2D eigenvalue weighted by atomic mass is 10.1. The number of para-hydroxylation sites is 1. The number of rotatable bonds is 6. The molecule has 0 radical (unpaired) electrons. The first-order valence-electron chi connectivity index (χ1n) is 9.28. The second-order valence-electron chi connectivity index (χ2n) is 6.64. The lowest BCUT2D eigenvalue weighted by Gasteiger charge is -2.35. The number of hydrogen-bond donors (Lipinski definition) is 0. The Hall–Kier alpha value is -2.83. The average molecular weight is 370 g/mol. The van der Waals surface area contributed by atoms with Crippen molar-refractivity contribution >= 4 is 11.8 Å². The van der Waals surface area contributed by atoms with Crippen LogP contribution >= 0.6 is 0 Å². The Kier molecular flexibility index (Phi) is 6.11. The molecule has 3 rings (SSSR count). The van der Waals surface area contributed by atoms with Gasteiger partial charge >= 0.3 is 0 Å². The number of amides is 2. The minimum absolute atomic E-state index is 0.0462. The zero-order valence-corrected chi connectivity index (χ0v) is 15.9. The van der Waals surface area contributed by atoms with E-state index in [-0.39, 0.29) is 11.8 Å². The summed E-state index contributed by atoms with van der Waals surface area (Å²) < 4.78 is 7.33. The maximum absolute atomic E-state index is 12.7. The van der Waals surface area contributed by atoms with Crippen LogP contribution in [0.5, 0.6) is 5.75 Å². The Bertz CT molecular complexity index is 794. The second-order valence-corrected chi connectivity index (χ2v) is 6.64. The molecule has 0 unspecified atom stereocenters. The van der Waals surface area contributed by atoms with Crippen molar-refractivity contribution in [2.24, 2.45) is 0 Å². The van der Waals surface area contributed by atoms with Crippen LogP contribution in [0.4, 0.5) is 0 Å². The molecule has 1 saturated heterocycles. The van der Waals surface area contributed by atoms with Crippen LogP contribution in [0.3, 0.4) is 0 Å². The van der Waals surface area contributed by atoms with Gasteiger partial charge in [0.2, 0.25) is 5.91 Å². The van der Waals surface area contributed by atoms with Gasteiger partial charge in [-0.15, -0.1) is 0 Å². The molecule has 0 aliphatic carbocycles. The van der Waals surface area contributed by atoms with Crippen molar-refractivity contribution in [1.29, 1.82) is 0 Å². The highest BCUT2D eigenvalue weighted by atomic mass is 16.5. The normalized spacial score (nSPS) is 14.3.